The van der Waals surface area contributed by atoms with E-state index >= 15 is 0 Å². The van der Waals surface area contributed by atoms with Crippen molar-refractivity contribution >= 4 is 0 Å². The van der Waals surface area contributed by atoms with Crippen molar-refractivity contribution in [2.75, 3.05) is 13.2 Å². The van der Waals surface area contributed by atoms with Crippen molar-refractivity contribution in [2.24, 2.45) is 0 Å². The van der Waals surface area contributed by atoms with Crippen molar-refractivity contribution in [1.29, 1.82) is 0 Å². The monoisotopic (exact) mass is 295 g/mol. The van der Waals surface area contributed by atoms with Crippen LogP contribution >= 0.6 is 0 Å². The second-order valence-electron chi connectivity index (χ2n) is 3.66. The molecule has 0 spiro atoms. The zero-order valence-corrected chi connectivity index (χ0v) is 10.2. The first-order valence-electron chi connectivity index (χ1n) is 5.41. The Morgan fingerprint density at radius 3 is 2.00 bits per heavy atom. The second-order valence-corrected chi connectivity index (χ2v) is 3.66. The van der Waals surface area contributed by atoms with Crippen LogP contribution in [0.5, 0.6) is 0 Å². The Balaban J connectivity index is 5.12. The predicted molar refractivity (Wildman–Crippen MR) is 55.1 cm³/mol. The third-order valence-corrected chi connectivity index (χ3v) is 2.27. The highest BCUT2D eigenvalue weighted by Gasteiger charge is 2.73. The lowest BCUT2D eigenvalue weighted by Crippen LogP contribution is -2.52. The fourth-order valence-electron chi connectivity index (χ4n) is 1.22. The van der Waals surface area contributed by atoms with Gasteiger partial charge in [0.15, 0.2) is 0 Å². The van der Waals surface area contributed by atoms with Crippen LogP contribution in [0.15, 0.2) is 11.6 Å². The second kappa shape index (κ2) is 6.58. The summed E-state index contributed by atoms with van der Waals surface area (Å²) in [5.41, 5.74) is -1.31. The Morgan fingerprint density at radius 2 is 1.63 bits per heavy atom. The standard InChI is InChI=1S/C11H14F7O/c1-3-6-19-7-5-8(4-2)9(12,13)10(14,15)11(16,17)18/h5H,1,3-4,6-7H2,2H3. The zero-order valence-electron chi connectivity index (χ0n) is 10.2. The van der Waals surface area contributed by atoms with Crippen LogP contribution in [0, 0.1) is 6.92 Å². The number of halogens is 7. The van der Waals surface area contributed by atoms with Gasteiger partial charge in [-0.25, -0.2) is 0 Å². The normalized spacial score (nSPS) is 14.9. The van der Waals surface area contributed by atoms with Crippen molar-refractivity contribution in [3.8, 4) is 0 Å². The highest BCUT2D eigenvalue weighted by molar-refractivity contribution is 5.19. The topological polar surface area (TPSA) is 9.23 Å². The first kappa shape index (κ1) is 18.2. The maximum Gasteiger partial charge on any atom is 0.460 e. The third kappa shape index (κ3) is 4.09. The van der Waals surface area contributed by atoms with E-state index in [2.05, 4.69) is 6.92 Å². The van der Waals surface area contributed by atoms with E-state index in [0.717, 1.165) is 6.92 Å². The summed E-state index contributed by atoms with van der Waals surface area (Å²) in [5, 5.41) is 0. The molecule has 0 fully saturated rings. The van der Waals surface area contributed by atoms with Crippen molar-refractivity contribution in [3.63, 3.8) is 0 Å². The van der Waals surface area contributed by atoms with Crippen molar-refractivity contribution < 1.29 is 35.5 Å². The van der Waals surface area contributed by atoms with Crippen LogP contribution < -0.4 is 0 Å². The maximum absolute atomic E-state index is 13.3. The van der Waals surface area contributed by atoms with Gasteiger partial charge in [-0.3, -0.25) is 0 Å². The van der Waals surface area contributed by atoms with E-state index in [-0.39, 0.29) is 6.61 Å². The van der Waals surface area contributed by atoms with Crippen LogP contribution in [0.3, 0.4) is 0 Å². The van der Waals surface area contributed by atoms with Gasteiger partial charge in [-0.15, -0.1) is 0 Å². The quantitative estimate of drug-likeness (QED) is 0.384. The summed E-state index contributed by atoms with van der Waals surface area (Å²) < 4.78 is 92.7. The van der Waals surface area contributed by atoms with Gasteiger partial charge in [0, 0.05) is 12.2 Å². The SMILES string of the molecule is [CH2]CCOCC=C(CC)C(F)(F)C(F)(F)C(F)(F)F. The fraction of sp³-hybridized carbons (Fsp3) is 0.727. The minimum absolute atomic E-state index is 0.0920. The summed E-state index contributed by atoms with van der Waals surface area (Å²) in [7, 11) is 0. The van der Waals surface area contributed by atoms with Gasteiger partial charge >= 0.3 is 18.0 Å². The number of alkyl halides is 7. The molecule has 0 aliphatic carbocycles. The highest BCUT2D eigenvalue weighted by atomic mass is 19.4. The summed E-state index contributed by atoms with van der Waals surface area (Å²) >= 11 is 0. The van der Waals surface area contributed by atoms with E-state index in [4.69, 9.17) is 4.74 Å². The lowest BCUT2D eigenvalue weighted by Gasteiger charge is -2.29. The Hall–Kier alpha value is -0.790. The molecule has 0 aromatic rings. The molecular weight excluding hydrogens is 281 g/mol. The molecule has 0 bridgehead atoms. The molecule has 0 rings (SSSR count). The minimum Gasteiger partial charge on any atom is -0.377 e. The van der Waals surface area contributed by atoms with Crippen molar-refractivity contribution in [3.05, 3.63) is 18.6 Å². The number of hydrogen-bond donors (Lipinski definition) is 0. The van der Waals surface area contributed by atoms with E-state index in [1.807, 2.05) is 0 Å². The first-order valence-corrected chi connectivity index (χ1v) is 5.41. The van der Waals surface area contributed by atoms with Gasteiger partial charge in [0.2, 0.25) is 0 Å². The van der Waals surface area contributed by atoms with E-state index in [0.29, 0.717) is 12.5 Å². The molecule has 113 valence electrons. The molecule has 8 heteroatoms. The molecular formula is C11H14F7O. The molecule has 0 aliphatic rings. The highest BCUT2D eigenvalue weighted by Crippen LogP contribution is 2.50. The van der Waals surface area contributed by atoms with Gasteiger partial charge in [0.1, 0.15) is 0 Å². The number of allylic oxidation sites excluding steroid dienone is 1. The van der Waals surface area contributed by atoms with Crippen molar-refractivity contribution in [1.82, 2.24) is 0 Å². The Morgan fingerprint density at radius 1 is 1.11 bits per heavy atom. The molecule has 0 unspecified atom stereocenters. The van der Waals surface area contributed by atoms with Gasteiger partial charge in [-0.05, 0) is 12.8 Å². The summed E-state index contributed by atoms with van der Waals surface area (Å²) in [6.07, 6.45) is -6.09. The molecule has 0 aromatic heterocycles. The van der Waals surface area contributed by atoms with Gasteiger partial charge in [0.05, 0.1) is 6.61 Å². The molecule has 0 aromatic carbocycles. The molecule has 1 radical (unpaired) electrons. The molecule has 0 saturated carbocycles. The van der Waals surface area contributed by atoms with Crippen LogP contribution in [-0.2, 0) is 4.74 Å². The minimum atomic E-state index is -6.32. The lowest BCUT2D eigenvalue weighted by molar-refractivity contribution is -0.344. The van der Waals surface area contributed by atoms with Crippen LogP contribution in [0.4, 0.5) is 30.7 Å². The lowest BCUT2D eigenvalue weighted by atomic mass is 9.99. The molecule has 0 aliphatic heterocycles. The number of hydrogen-bond acceptors (Lipinski definition) is 1. The Bertz CT molecular complexity index is 307. The molecule has 0 N–H and O–H groups in total. The van der Waals surface area contributed by atoms with Gasteiger partial charge < -0.3 is 4.74 Å². The largest absolute Gasteiger partial charge is 0.460 e. The van der Waals surface area contributed by atoms with Gasteiger partial charge in [-0.1, -0.05) is 19.9 Å². The Labute approximate surface area is 106 Å². The average molecular weight is 295 g/mol. The van der Waals surface area contributed by atoms with Crippen LogP contribution in [0.2, 0.25) is 0 Å². The van der Waals surface area contributed by atoms with E-state index < -0.39 is 36.6 Å². The average Bonchev–Trinajstić information content (AvgIpc) is 2.27. The molecule has 0 saturated heterocycles. The number of ether oxygens (including phenoxy) is 1. The smallest absolute Gasteiger partial charge is 0.377 e. The van der Waals surface area contributed by atoms with Crippen LogP contribution in [-0.4, -0.2) is 31.2 Å². The summed E-state index contributed by atoms with van der Waals surface area (Å²) in [5.74, 6) is -11.4. The zero-order chi connectivity index (χ0) is 15.3. The van der Waals surface area contributed by atoms with Gasteiger partial charge in [0.25, 0.3) is 0 Å². The summed E-state index contributed by atoms with van der Waals surface area (Å²) in [4.78, 5) is 0. The van der Waals surface area contributed by atoms with Crippen LogP contribution in [0.1, 0.15) is 19.8 Å². The Kier molecular flexibility index (Phi) is 6.31. The fourth-order valence-corrected chi connectivity index (χ4v) is 1.22. The first-order chi connectivity index (χ1) is 8.52. The molecule has 0 amide bonds. The molecule has 0 heterocycles. The summed E-state index contributed by atoms with van der Waals surface area (Å²) in [6, 6.07) is 0. The van der Waals surface area contributed by atoms with E-state index in [1.54, 1.807) is 0 Å². The predicted octanol–water partition coefficient (Wildman–Crippen LogP) is 4.40. The molecule has 19 heavy (non-hydrogen) atoms. The summed E-state index contributed by atoms with van der Waals surface area (Å²) in [6.45, 7) is 4.07. The number of rotatable bonds is 7. The molecule has 0 atom stereocenters. The van der Waals surface area contributed by atoms with Crippen molar-refractivity contribution in [2.45, 2.75) is 37.8 Å². The maximum atomic E-state index is 13.3. The van der Waals surface area contributed by atoms with E-state index in [9.17, 15) is 30.7 Å². The molecule has 1 nitrogen and oxygen atoms in total. The van der Waals surface area contributed by atoms with E-state index in [1.165, 1.54) is 0 Å². The van der Waals surface area contributed by atoms with Gasteiger partial charge in [-0.2, -0.15) is 30.7 Å². The third-order valence-electron chi connectivity index (χ3n) is 2.27. The van der Waals surface area contributed by atoms with Crippen LogP contribution in [0.25, 0.3) is 0 Å².